The molecule has 1 aliphatic rings. The molecule has 1 heterocycles. The Morgan fingerprint density at radius 2 is 2.25 bits per heavy atom. The van der Waals surface area contributed by atoms with E-state index in [9.17, 15) is 4.79 Å². The number of carbonyl (C=O) groups is 1. The number of nitrogens with two attached hydrogens (primary N) is 1. The van der Waals surface area contributed by atoms with Gasteiger partial charge in [-0.1, -0.05) is 12.8 Å². The fourth-order valence-electron chi connectivity index (χ4n) is 2.88. The number of aromatic nitrogens is 2. The van der Waals surface area contributed by atoms with Gasteiger partial charge in [0.25, 0.3) is 0 Å². The minimum Gasteiger partial charge on any atom is -0.463 e. The molecule has 2 unspecified atom stereocenters. The number of esters is 1. The van der Waals surface area contributed by atoms with E-state index >= 15 is 0 Å². The fourth-order valence-corrected chi connectivity index (χ4v) is 2.88. The van der Waals surface area contributed by atoms with Crippen molar-refractivity contribution in [3.05, 3.63) is 18.1 Å². The molecule has 2 atom stereocenters. The number of hydrogen-bond donors (Lipinski definition) is 1. The van der Waals surface area contributed by atoms with E-state index in [4.69, 9.17) is 5.73 Å². The summed E-state index contributed by atoms with van der Waals surface area (Å²) in [6, 6.07) is 2.18. The topological polar surface area (TPSA) is 81.3 Å². The lowest BCUT2D eigenvalue weighted by molar-refractivity contribution is 0.0586. The monoisotopic (exact) mass is 278 g/mol. The number of carbonyl (C=O) groups excluding carboxylic acids is 1. The Morgan fingerprint density at radius 3 is 2.95 bits per heavy atom. The van der Waals surface area contributed by atoms with Crippen molar-refractivity contribution in [2.24, 2.45) is 11.7 Å². The van der Waals surface area contributed by atoms with E-state index in [1.54, 1.807) is 6.20 Å². The third-order valence-electron chi connectivity index (χ3n) is 4.04. The molecule has 1 aromatic heterocycles. The van der Waals surface area contributed by atoms with Gasteiger partial charge in [-0.25, -0.2) is 14.8 Å². The van der Waals surface area contributed by atoms with Gasteiger partial charge in [0.05, 0.1) is 7.11 Å². The van der Waals surface area contributed by atoms with Crippen molar-refractivity contribution in [1.29, 1.82) is 0 Å². The highest BCUT2D eigenvalue weighted by Gasteiger charge is 2.28. The van der Waals surface area contributed by atoms with Crippen LogP contribution in [-0.2, 0) is 4.74 Å². The highest BCUT2D eigenvalue weighted by molar-refractivity contribution is 5.85. The van der Waals surface area contributed by atoms with Crippen LogP contribution in [0.5, 0.6) is 0 Å². The van der Waals surface area contributed by atoms with Gasteiger partial charge in [0.1, 0.15) is 5.82 Å². The Hall–Kier alpha value is -1.69. The molecule has 1 aliphatic carbocycles. The molecular weight excluding hydrogens is 256 g/mol. The van der Waals surface area contributed by atoms with Crippen molar-refractivity contribution in [2.75, 3.05) is 25.6 Å². The summed E-state index contributed by atoms with van der Waals surface area (Å²) >= 11 is 0. The third-order valence-corrected chi connectivity index (χ3v) is 4.04. The zero-order chi connectivity index (χ0) is 14.5. The second-order valence-electron chi connectivity index (χ2n) is 5.19. The number of methoxy groups -OCH3 is 1. The molecule has 1 aromatic rings. The predicted octanol–water partition coefficient (Wildman–Crippen LogP) is 1.22. The van der Waals surface area contributed by atoms with Gasteiger partial charge in [0.2, 0.25) is 5.82 Å². The Kier molecular flexibility index (Phi) is 4.89. The van der Waals surface area contributed by atoms with Crippen LogP contribution in [0.4, 0.5) is 5.82 Å². The molecular formula is C14H22N4O2. The van der Waals surface area contributed by atoms with E-state index in [1.165, 1.54) is 20.0 Å². The van der Waals surface area contributed by atoms with E-state index < -0.39 is 5.97 Å². The summed E-state index contributed by atoms with van der Waals surface area (Å²) in [5.41, 5.74) is 5.88. The summed E-state index contributed by atoms with van der Waals surface area (Å²) in [5, 5.41) is 0. The number of anilines is 1. The van der Waals surface area contributed by atoms with Gasteiger partial charge in [-0.05, 0) is 31.4 Å². The average Bonchev–Trinajstić information content (AvgIpc) is 2.53. The highest BCUT2D eigenvalue weighted by Crippen LogP contribution is 2.29. The second-order valence-corrected chi connectivity index (χ2v) is 5.19. The smallest absolute Gasteiger partial charge is 0.376 e. The first-order valence-electron chi connectivity index (χ1n) is 7.01. The quantitative estimate of drug-likeness (QED) is 0.834. The summed E-state index contributed by atoms with van der Waals surface area (Å²) in [6.07, 6.45) is 6.30. The van der Waals surface area contributed by atoms with Crippen LogP contribution in [0.1, 0.15) is 36.3 Å². The van der Waals surface area contributed by atoms with Crippen LogP contribution in [0, 0.1) is 5.92 Å². The minimum atomic E-state index is -0.515. The number of nitrogens with zero attached hydrogens (tertiary/aromatic N) is 3. The zero-order valence-corrected chi connectivity index (χ0v) is 12.1. The maximum atomic E-state index is 11.5. The fraction of sp³-hybridized carbons (Fsp3) is 0.643. The van der Waals surface area contributed by atoms with Gasteiger partial charge in [0.15, 0.2) is 0 Å². The molecule has 2 rings (SSSR count). The Balaban J connectivity index is 2.19. The van der Waals surface area contributed by atoms with Crippen LogP contribution in [0.3, 0.4) is 0 Å². The van der Waals surface area contributed by atoms with Gasteiger partial charge in [-0.2, -0.15) is 0 Å². The van der Waals surface area contributed by atoms with E-state index in [0.717, 1.165) is 18.7 Å². The molecule has 0 aromatic carbocycles. The highest BCUT2D eigenvalue weighted by atomic mass is 16.5. The summed E-state index contributed by atoms with van der Waals surface area (Å²) in [7, 11) is 3.33. The molecule has 0 radical (unpaired) electrons. The van der Waals surface area contributed by atoms with Gasteiger partial charge in [0, 0.05) is 19.3 Å². The molecule has 0 bridgehead atoms. The van der Waals surface area contributed by atoms with Crippen LogP contribution >= 0.6 is 0 Å². The molecule has 0 aliphatic heterocycles. The van der Waals surface area contributed by atoms with Crippen LogP contribution in [0.15, 0.2) is 12.3 Å². The first-order chi connectivity index (χ1) is 9.67. The molecule has 0 spiro atoms. The standard InChI is InChI=1S/C14H22N4O2/c1-18(11-6-4-3-5-10(11)9-15)12-7-8-16-13(17-12)14(19)20-2/h7-8,10-11H,3-6,9,15H2,1-2H3. The van der Waals surface area contributed by atoms with Crippen molar-refractivity contribution < 1.29 is 9.53 Å². The van der Waals surface area contributed by atoms with Crippen LogP contribution in [0.25, 0.3) is 0 Å². The molecule has 6 nitrogen and oxygen atoms in total. The van der Waals surface area contributed by atoms with Crippen molar-refractivity contribution in [2.45, 2.75) is 31.7 Å². The molecule has 1 saturated carbocycles. The summed E-state index contributed by atoms with van der Waals surface area (Å²) in [5.74, 6) is 0.798. The van der Waals surface area contributed by atoms with Crippen LogP contribution < -0.4 is 10.6 Å². The molecule has 0 amide bonds. The summed E-state index contributed by atoms with van der Waals surface area (Å²) < 4.78 is 4.66. The van der Waals surface area contributed by atoms with Gasteiger partial charge >= 0.3 is 5.97 Å². The third kappa shape index (κ3) is 3.07. The van der Waals surface area contributed by atoms with Crippen LogP contribution in [0.2, 0.25) is 0 Å². The van der Waals surface area contributed by atoms with Gasteiger partial charge in [-0.15, -0.1) is 0 Å². The van der Waals surface area contributed by atoms with Gasteiger partial charge < -0.3 is 15.4 Å². The summed E-state index contributed by atoms with van der Waals surface area (Å²) in [4.78, 5) is 21.8. The van der Waals surface area contributed by atoms with E-state index in [-0.39, 0.29) is 5.82 Å². The van der Waals surface area contributed by atoms with Gasteiger partial charge in [-0.3, -0.25) is 0 Å². The number of hydrogen-bond acceptors (Lipinski definition) is 6. The van der Waals surface area contributed by atoms with E-state index in [0.29, 0.717) is 18.5 Å². The largest absolute Gasteiger partial charge is 0.463 e. The maximum absolute atomic E-state index is 11.5. The Morgan fingerprint density at radius 1 is 1.50 bits per heavy atom. The second kappa shape index (κ2) is 6.65. The lowest BCUT2D eigenvalue weighted by Gasteiger charge is -2.38. The van der Waals surface area contributed by atoms with Crippen molar-refractivity contribution in [3.8, 4) is 0 Å². The van der Waals surface area contributed by atoms with E-state index in [1.807, 2.05) is 13.1 Å². The number of ether oxygens (including phenoxy) is 1. The number of rotatable bonds is 4. The molecule has 1 fully saturated rings. The SMILES string of the molecule is COC(=O)c1nccc(N(C)C2CCCCC2CN)n1. The lowest BCUT2D eigenvalue weighted by Crippen LogP contribution is -2.43. The average molecular weight is 278 g/mol. The molecule has 6 heteroatoms. The van der Waals surface area contributed by atoms with E-state index in [2.05, 4.69) is 19.6 Å². The first kappa shape index (κ1) is 14.7. The zero-order valence-electron chi connectivity index (χ0n) is 12.1. The van der Waals surface area contributed by atoms with Crippen molar-refractivity contribution >= 4 is 11.8 Å². The lowest BCUT2D eigenvalue weighted by atomic mass is 9.84. The first-order valence-corrected chi connectivity index (χ1v) is 7.01. The maximum Gasteiger partial charge on any atom is 0.376 e. The van der Waals surface area contributed by atoms with Crippen LogP contribution in [-0.4, -0.2) is 42.7 Å². The Labute approximate surface area is 119 Å². The summed E-state index contributed by atoms with van der Waals surface area (Å²) in [6.45, 7) is 0.684. The molecule has 2 N–H and O–H groups in total. The van der Waals surface area contributed by atoms with Crippen molar-refractivity contribution in [1.82, 2.24) is 9.97 Å². The molecule has 110 valence electrons. The Bertz CT molecular complexity index is 466. The molecule has 20 heavy (non-hydrogen) atoms. The molecule has 0 saturated heterocycles. The normalized spacial score (nSPS) is 22.4. The predicted molar refractivity (Wildman–Crippen MR) is 76.6 cm³/mol. The minimum absolute atomic E-state index is 0.0944. The van der Waals surface area contributed by atoms with Crippen molar-refractivity contribution in [3.63, 3.8) is 0 Å².